The van der Waals surface area contributed by atoms with Crippen LogP contribution in [0.15, 0.2) is 53.3 Å². The van der Waals surface area contributed by atoms with E-state index >= 15 is 0 Å². The molecule has 1 saturated carbocycles. The monoisotopic (exact) mass is 506 g/mol. The summed E-state index contributed by atoms with van der Waals surface area (Å²) in [6.45, 7) is 0. The molecule has 3 aliphatic carbocycles. The molecule has 0 unspecified atom stereocenters. The number of nitrogens with zero attached hydrogens (tertiary/aromatic N) is 1. The first kappa shape index (κ1) is 24.5. The van der Waals surface area contributed by atoms with Gasteiger partial charge in [0.25, 0.3) is 5.91 Å². The Kier molecular flexibility index (Phi) is 5.43. The SMILES string of the molecule is CN(C)[C@@H]1C(=O)C(C(N)=O)=C(O)[C@@]2(O)C(=O)C3=C(O)c4c(O)ccc(-c5ccc(O)cc5)c4C[C@H]3C[C@@H]12. The summed E-state index contributed by atoms with van der Waals surface area (Å²) in [6.07, 6.45) is 0.190. The number of Topliss-reactive ketones (excluding diaryl/α,β-unsaturated/α-hetero) is 2. The van der Waals surface area contributed by atoms with Crippen LogP contribution >= 0.6 is 0 Å². The first-order valence-electron chi connectivity index (χ1n) is 11.7. The van der Waals surface area contributed by atoms with Gasteiger partial charge in [0, 0.05) is 11.5 Å². The van der Waals surface area contributed by atoms with Gasteiger partial charge in [-0.15, -0.1) is 0 Å². The smallest absolute Gasteiger partial charge is 0.255 e. The minimum Gasteiger partial charge on any atom is -0.508 e. The number of hydrogen-bond acceptors (Lipinski definition) is 9. The topological polar surface area (TPSA) is 182 Å². The zero-order valence-corrected chi connectivity index (χ0v) is 20.1. The van der Waals surface area contributed by atoms with Crippen molar-refractivity contribution in [2.24, 2.45) is 17.6 Å². The summed E-state index contributed by atoms with van der Waals surface area (Å²) >= 11 is 0. The maximum absolute atomic E-state index is 13.8. The number of fused-ring (bicyclic) bond motifs is 3. The number of hydrogen-bond donors (Lipinski definition) is 6. The summed E-state index contributed by atoms with van der Waals surface area (Å²) in [5.74, 6) is -6.82. The molecule has 1 fully saturated rings. The Morgan fingerprint density at radius 3 is 2.27 bits per heavy atom. The zero-order chi connectivity index (χ0) is 27.0. The summed E-state index contributed by atoms with van der Waals surface area (Å²) in [6, 6.07) is 8.26. The van der Waals surface area contributed by atoms with Crippen LogP contribution in [0, 0.1) is 11.8 Å². The number of primary amides is 1. The molecule has 2 aromatic carbocycles. The number of carbonyl (C=O) groups excluding carboxylic acids is 3. The Balaban J connectivity index is 1.74. The largest absolute Gasteiger partial charge is 0.508 e. The minimum absolute atomic E-state index is 0.0104. The Bertz CT molecular complexity index is 1440. The van der Waals surface area contributed by atoms with Crippen molar-refractivity contribution in [2.45, 2.75) is 24.5 Å². The van der Waals surface area contributed by atoms with Gasteiger partial charge in [-0.1, -0.05) is 18.2 Å². The van der Waals surface area contributed by atoms with Crippen LogP contribution in [0.4, 0.5) is 0 Å². The number of amides is 1. The molecule has 3 aliphatic rings. The van der Waals surface area contributed by atoms with Gasteiger partial charge in [0.2, 0.25) is 5.78 Å². The number of benzene rings is 2. The number of aliphatic hydroxyl groups excluding tert-OH is 2. The minimum atomic E-state index is -2.67. The molecule has 0 radical (unpaired) electrons. The highest BCUT2D eigenvalue weighted by atomic mass is 16.3. The fourth-order valence-corrected chi connectivity index (χ4v) is 6.16. The summed E-state index contributed by atoms with van der Waals surface area (Å²) in [5.41, 5.74) is 3.54. The van der Waals surface area contributed by atoms with Crippen LogP contribution < -0.4 is 5.73 Å². The number of aliphatic hydroxyl groups is 3. The van der Waals surface area contributed by atoms with E-state index in [1.807, 2.05) is 0 Å². The lowest BCUT2D eigenvalue weighted by molar-refractivity contribution is -0.153. The van der Waals surface area contributed by atoms with E-state index in [-0.39, 0.29) is 35.5 Å². The highest BCUT2D eigenvalue weighted by Crippen LogP contribution is 2.53. The lowest BCUT2D eigenvalue weighted by Gasteiger charge is -2.50. The van der Waals surface area contributed by atoms with Crippen LogP contribution in [0.2, 0.25) is 0 Å². The number of likely N-dealkylation sites (N-methyl/N-ethyl adjacent to an activating group) is 1. The predicted octanol–water partition coefficient (Wildman–Crippen LogP) is 1.34. The van der Waals surface area contributed by atoms with Crippen molar-refractivity contribution < 1.29 is 39.9 Å². The average Bonchev–Trinajstić information content (AvgIpc) is 2.82. The number of rotatable bonds is 3. The predicted molar refractivity (Wildman–Crippen MR) is 131 cm³/mol. The molecule has 2 aromatic rings. The van der Waals surface area contributed by atoms with E-state index in [1.165, 1.54) is 23.1 Å². The van der Waals surface area contributed by atoms with Gasteiger partial charge in [-0.25, -0.2) is 0 Å². The molecule has 0 aromatic heterocycles. The summed E-state index contributed by atoms with van der Waals surface area (Å²) in [7, 11) is 3.10. The molecule has 10 heteroatoms. The molecular formula is C27H26N2O8. The van der Waals surface area contributed by atoms with Gasteiger partial charge in [-0.05, 0) is 67.7 Å². The van der Waals surface area contributed by atoms with Crippen molar-refractivity contribution in [1.29, 1.82) is 0 Å². The average molecular weight is 507 g/mol. The van der Waals surface area contributed by atoms with Crippen molar-refractivity contribution in [2.75, 3.05) is 14.1 Å². The number of phenolic OH excluding ortho intramolecular Hbond substituents is 2. The van der Waals surface area contributed by atoms with Crippen LogP contribution in [0.3, 0.4) is 0 Å². The van der Waals surface area contributed by atoms with Gasteiger partial charge in [0.05, 0.1) is 11.6 Å². The normalized spacial score (nSPS) is 27.2. The van der Waals surface area contributed by atoms with Crippen molar-refractivity contribution in [1.82, 2.24) is 4.90 Å². The third kappa shape index (κ3) is 3.29. The Morgan fingerprint density at radius 2 is 1.68 bits per heavy atom. The van der Waals surface area contributed by atoms with Crippen molar-refractivity contribution in [3.05, 3.63) is 64.4 Å². The van der Waals surface area contributed by atoms with Gasteiger partial charge in [0.15, 0.2) is 11.4 Å². The number of aromatic hydroxyl groups is 2. The highest BCUT2D eigenvalue weighted by molar-refractivity contribution is 6.24. The van der Waals surface area contributed by atoms with Gasteiger partial charge in [0.1, 0.15) is 28.6 Å². The lowest BCUT2D eigenvalue weighted by Crippen LogP contribution is -2.65. The Morgan fingerprint density at radius 1 is 1.03 bits per heavy atom. The van der Waals surface area contributed by atoms with Gasteiger partial charge in [-0.3, -0.25) is 19.3 Å². The second-order valence-electron chi connectivity index (χ2n) is 9.99. The maximum Gasteiger partial charge on any atom is 0.255 e. The van der Waals surface area contributed by atoms with Gasteiger partial charge < -0.3 is 31.3 Å². The molecule has 0 spiro atoms. The van der Waals surface area contributed by atoms with Gasteiger partial charge in [-0.2, -0.15) is 0 Å². The number of carbonyl (C=O) groups is 3. The first-order valence-corrected chi connectivity index (χ1v) is 11.7. The Hall–Kier alpha value is -4.15. The molecule has 1 amide bonds. The van der Waals surface area contributed by atoms with E-state index in [4.69, 9.17) is 5.73 Å². The molecule has 0 heterocycles. The molecule has 10 nitrogen and oxygen atoms in total. The van der Waals surface area contributed by atoms with Crippen LogP contribution in [-0.4, -0.2) is 73.6 Å². The van der Waals surface area contributed by atoms with E-state index in [0.717, 1.165) is 0 Å². The van der Waals surface area contributed by atoms with Crippen molar-refractivity contribution in [3.8, 4) is 22.6 Å². The van der Waals surface area contributed by atoms with E-state index in [2.05, 4.69) is 0 Å². The zero-order valence-electron chi connectivity index (χ0n) is 20.1. The number of nitrogens with two attached hydrogens (primary N) is 1. The highest BCUT2D eigenvalue weighted by Gasteiger charge is 2.64. The molecule has 4 atom stereocenters. The van der Waals surface area contributed by atoms with Crippen molar-refractivity contribution >= 4 is 23.2 Å². The van der Waals surface area contributed by atoms with E-state index in [1.54, 1.807) is 32.3 Å². The molecule has 0 saturated heterocycles. The number of ketones is 2. The maximum atomic E-state index is 13.8. The van der Waals surface area contributed by atoms with Crippen LogP contribution in [-0.2, 0) is 20.8 Å². The molecule has 0 bridgehead atoms. The molecule has 5 rings (SSSR count). The van der Waals surface area contributed by atoms with Crippen LogP contribution in [0.1, 0.15) is 17.5 Å². The lowest BCUT2D eigenvalue weighted by atomic mass is 9.57. The van der Waals surface area contributed by atoms with Crippen LogP contribution in [0.5, 0.6) is 11.5 Å². The second kappa shape index (κ2) is 8.19. The summed E-state index contributed by atoms with van der Waals surface area (Å²) < 4.78 is 0. The second-order valence-corrected chi connectivity index (χ2v) is 9.99. The molecule has 7 N–H and O–H groups in total. The van der Waals surface area contributed by atoms with E-state index < -0.39 is 58.0 Å². The quantitative estimate of drug-likeness (QED) is 0.335. The standard InChI is InChI=1S/C27H26N2O8/c1-29(2)21-16-10-12-9-15-14(11-3-5-13(30)6-4-11)7-8-17(31)19(15)22(32)18(12)24(34)27(16,37)25(35)20(23(21)33)26(28)36/h3-8,12,16,21,30-32,35,37H,9-10H2,1-2H3,(H2,28,36)/t12-,16-,21-,27-/m0/s1. The molecule has 0 aliphatic heterocycles. The van der Waals surface area contributed by atoms with Crippen LogP contribution in [0.25, 0.3) is 16.9 Å². The fraction of sp³-hybridized carbons (Fsp3) is 0.296. The first-order chi connectivity index (χ1) is 17.4. The molecule has 192 valence electrons. The third-order valence-corrected chi connectivity index (χ3v) is 7.78. The van der Waals surface area contributed by atoms with Crippen molar-refractivity contribution in [3.63, 3.8) is 0 Å². The van der Waals surface area contributed by atoms with Gasteiger partial charge >= 0.3 is 0 Å². The summed E-state index contributed by atoms with van der Waals surface area (Å²) in [4.78, 5) is 40.5. The fourth-order valence-electron chi connectivity index (χ4n) is 6.16. The summed E-state index contributed by atoms with van der Waals surface area (Å²) in [5, 5.41) is 54.1. The van der Waals surface area contributed by atoms with E-state index in [9.17, 15) is 39.9 Å². The molecule has 37 heavy (non-hydrogen) atoms. The Labute approximate surface area is 211 Å². The third-order valence-electron chi connectivity index (χ3n) is 7.78. The number of phenols is 2. The molecular weight excluding hydrogens is 480 g/mol. The van der Waals surface area contributed by atoms with E-state index in [0.29, 0.717) is 16.7 Å².